The highest BCUT2D eigenvalue weighted by atomic mass is 79.9. The zero-order chi connectivity index (χ0) is 13.4. The van der Waals surface area contributed by atoms with Crippen molar-refractivity contribution in [1.82, 2.24) is 9.97 Å². The van der Waals surface area contributed by atoms with Gasteiger partial charge in [0.05, 0.1) is 10.6 Å². The average molecular weight is 336 g/mol. The van der Waals surface area contributed by atoms with Crippen LogP contribution in [-0.4, -0.2) is 15.8 Å². The van der Waals surface area contributed by atoms with Crippen LogP contribution in [0.15, 0.2) is 47.2 Å². The summed E-state index contributed by atoms with van der Waals surface area (Å²) in [7, 11) is 0. The second kappa shape index (κ2) is 4.79. The normalized spacial score (nSPS) is 10.8. The number of rotatable bonds is 2. The van der Waals surface area contributed by atoms with Gasteiger partial charge in [0, 0.05) is 27.8 Å². The van der Waals surface area contributed by atoms with Gasteiger partial charge in [0.25, 0.3) is 0 Å². The maximum Gasteiger partial charge on any atom is 0.195 e. The quantitative estimate of drug-likeness (QED) is 0.713. The van der Waals surface area contributed by atoms with E-state index in [0.29, 0.717) is 27.2 Å². The molecule has 3 nitrogen and oxygen atoms in total. The molecule has 0 unspecified atom stereocenters. The van der Waals surface area contributed by atoms with E-state index in [9.17, 15) is 4.79 Å². The van der Waals surface area contributed by atoms with Gasteiger partial charge in [0.15, 0.2) is 5.78 Å². The number of ketones is 1. The first kappa shape index (κ1) is 12.4. The van der Waals surface area contributed by atoms with Gasteiger partial charge < -0.3 is 4.98 Å². The largest absolute Gasteiger partial charge is 0.345 e. The molecule has 19 heavy (non-hydrogen) atoms. The summed E-state index contributed by atoms with van der Waals surface area (Å²) in [6, 6.07) is 8.93. The predicted molar refractivity (Wildman–Crippen MR) is 78.7 cm³/mol. The van der Waals surface area contributed by atoms with Crippen molar-refractivity contribution in [2.45, 2.75) is 0 Å². The summed E-state index contributed by atoms with van der Waals surface area (Å²) in [4.78, 5) is 19.6. The van der Waals surface area contributed by atoms with E-state index in [1.165, 1.54) is 0 Å². The Hall–Kier alpha value is -1.65. The lowest BCUT2D eigenvalue weighted by Gasteiger charge is -2.01. The average Bonchev–Trinajstić information content (AvgIpc) is 2.83. The van der Waals surface area contributed by atoms with Crippen LogP contribution in [0.1, 0.15) is 15.9 Å². The fourth-order valence-corrected chi connectivity index (χ4v) is 2.63. The molecule has 0 aliphatic heterocycles. The van der Waals surface area contributed by atoms with Crippen LogP contribution in [0.4, 0.5) is 0 Å². The van der Waals surface area contributed by atoms with Crippen LogP contribution in [0.25, 0.3) is 11.0 Å². The van der Waals surface area contributed by atoms with Gasteiger partial charge in [-0.3, -0.25) is 4.79 Å². The minimum Gasteiger partial charge on any atom is -0.345 e. The molecular formula is C14H8BrClN2O. The summed E-state index contributed by atoms with van der Waals surface area (Å²) in [6.07, 6.45) is 3.25. The predicted octanol–water partition coefficient (Wildman–Crippen LogP) is 4.21. The van der Waals surface area contributed by atoms with Crippen molar-refractivity contribution in [2.24, 2.45) is 0 Å². The highest BCUT2D eigenvalue weighted by molar-refractivity contribution is 9.10. The number of carbonyl (C=O) groups is 1. The molecule has 0 aliphatic carbocycles. The molecule has 0 spiro atoms. The van der Waals surface area contributed by atoms with Gasteiger partial charge in [-0.1, -0.05) is 39.7 Å². The molecular weight excluding hydrogens is 328 g/mol. The summed E-state index contributed by atoms with van der Waals surface area (Å²) < 4.78 is 0.863. The van der Waals surface area contributed by atoms with Gasteiger partial charge in [0.1, 0.15) is 5.65 Å². The maximum atomic E-state index is 12.5. The molecule has 1 aromatic carbocycles. The van der Waals surface area contributed by atoms with Crippen molar-refractivity contribution in [3.8, 4) is 0 Å². The Morgan fingerprint density at radius 3 is 2.95 bits per heavy atom. The molecule has 0 bridgehead atoms. The Bertz CT molecular complexity index is 782. The molecule has 0 saturated carbocycles. The van der Waals surface area contributed by atoms with Crippen LogP contribution < -0.4 is 0 Å². The van der Waals surface area contributed by atoms with Crippen molar-refractivity contribution in [1.29, 1.82) is 0 Å². The van der Waals surface area contributed by atoms with E-state index in [4.69, 9.17) is 11.6 Å². The lowest BCUT2D eigenvalue weighted by Crippen LogP contribution is -2.00. The number of H-pyrrole nitrogens is 1. The molecule has 94 valence electrons. The Labute approximate surface area is 122 Å². The van der Waals surface area contributed by atoms with Gasteiger partial charge >= 0.3 is 0 Å². The third-order valence-corrected chi connectivity index (χ3v) is 3.66. The Morgan fingerprint density at radius 1 is 1.32 bits per heavy atom. The summed E-state index contributed by atoms with van der Waals surface area (Å²) in [5.41, 5.74) is 1.76. The third-order valence-electron chi connectivity index (χ3n) is 2.85. The Kier molecular flexibility index (Phi) is 3.12. The monoisotopic (exact) mass is 334 g/mol. The van der Waals surface area contributed by atoms with E-state index in [0.717, 1.165) is 4.47 Å². The van der Waals surface area contributed by atoms with E-state index in [-0.39, 0.29) is 5.78 Å². The first-order valence-corrected chi connectivity index (χ1v) is 6.76. The highest BCUT2D eigenvalue weighted by Crippen LogP contribution is 2.27. The Balaban J connectivity index is 2.17. The van der Waals surface area contributed by atoms with Gasteiger partial charge in [0.2, 0.25) is 0 Å². The second-order valence-corrected chi connectivity index (χ2v) is 5.38. The number of carbonyl (C=O) groups excluding carboxylic acids is 1. The molecule has 0 radical (unpaired) electrons. The molecule has 0 aliphatic rings. The summed E-state index contributed by atoms with van der Waals surface area (Å²) in [6.45, 7) is 0. The minimum absolute atomic E-state index is 0.0811. The number of fused-ring (bicyclic) bond motifs is 1. The van der Waals surface area contributed by atoms with Gasteiger partial charge in [-0.2, -0.15) is 0 Å². The van der Waals surface area contributed by atoms with Crippen LogP contribution >= 0.6 is 27.5 Å². The number of hydrogen-bond acceptors (Lipinski definition) is 2. The van der Waals surface area contributed by atoms with Crippen molar-refractivity contribution >= 4 is 44.3 Å². The van der Waals surface area contributed by atoms with Crippen molar-refractivity contribution in [2.75, 3.05) is 0 Å². The molecule has 1 N–H and O–H groups in total. The molecule has 2 heterocycles. The number of aromatic amines is 1. The SMILES string of the molecule is O=C(c1cccc(Br)c1)c1c[nH]c2nccc(Cl)c12. The third kappa shape index (κ3) is 2.17. The van der Waals surface area contributed by atoms with E-state index in [1.54, 1.807) is 30.6 Å². The number of pyridine rings is 1. The number of halogens is 2. The number of hydrogen-bond donors (Lipinski definition) is 1. The highest BCUT2D eigenvalue weighted by Gasteiger charge is 2.16. The van der Waals surface area contributed by atoms with Crippen molar-refractivity contribution in [3.63, 3.8) is 0 Å². The lowest BCUT2D eigenvalue weighted by molar-refractivity contribution is 0.104. The fourth-order valence-electron chi connectivity index (χ4n) is 1.98. The summed E-state index contributed by atoms with van der Waals surface area (Å²) in [5.74, 6) is -0.0811. The maximum absolute atomic E-state index is 12.5. The van der Waals surface area contributed by atoms with E-state index < -0.39 is 0 Å². The van der Waals surface area contributed by atoms with Crippen LogP contribution in [-0.2, 0) is 0 Å². The van der Waals surface area contributed by atoms with Crippen LogP contribution in [0.5, 0.6) is 0 Å². The fraction of sp³-hybridized carbons (Fsp3) is 0. The molecule has 0 saturated heterocycles. The summed E-state index contributed by atoms with van der Waals surface area (Å²) in [5, 5.41) is 1.18. The molecule has 5 heteroatoms. The molecule has 3 rings (SSSR count). The van der Waals surface area contributed by atoms with Crippen molar-refractivity contribution < 1.29 is 4.79 Å². The molecule has 0 amide bonds. The molecule has 3 aromatic rings. The zero-order valence-corrected chi connectivity index (χ0v) is 12.0. The van der Waals surface area contributed by atoms with Gasteiger partial charge in [-0.25, -0.2) is 4.98 Å². The van der Waals surface area contributed by atoms with Crippen LogP contribution in [0, 0.1) is 0 Å². The van der Waals surface area contributed by atoms with Gasteiger partial charge in [-0.15, -0.1) is 0 Å². The number of nitrogens with zero attached hydrogens (tertiary/aromatic N) is 1. The minimum atomic E-state index is -0.0811. The van der Waals surface area contributed by atoms with E-state index >= 15 is 0 Å². The number of benzene rings is 1. The first-order chi connectivity index (χ1) is 9.16. The number of aromatic nitrogens is 2. The zero-order valence-electron chi connectivity index (χ0n) is 9.65. The number of nitrogens with one attached hydrogen (secondary N) is 1. The first-order valence-electron chi connectivity index (χ1n) is 5.58. The lowest BCUT2D eigenvalue weighted by atomic mass is 10.0. The summed E-state index contributed by atoms with van der Waals surface area (Å²) >= 11 is 9.50. The van der Waals surface area contributed by atoms with E-state index in [2.05, 4.69) is 25.9 Å². The van der Waals surface area contributed by atoms with Crippen molar-refractivity contribution in [3.05, 3.63) is 63.3 Å². The van der Waals surface area contributed by atoms with Crippen LogP contribution in [0.2, 0.25) is 5.02 Å². The molecule has 2 aromatic heterocycles. The standard InChI is InChI=1S/C14H8BrClN2O/c15-9-3-1-2-8(6-9)13(19)10-7-18-14-12(10)11(16)4-5-17-14/h1-7H,(H,17,18). The molecule has 0 atom stereocenters. The van der Waals surface area contributed by atoms with E-state index in [1.807, 2.05) is 12.1 Å². The molecule has 0 fully saturated rings. The second-order valence-electron chi connectivity index (χ2n) is 4.06. The van der Waals surface area contributed by atoms with Gasteiger partial charge in [-0.05, 0) is 18.2 Å². The van der Waals surface area contributed by atoms with Crippen LogP contribution in [0.3, 0.4) is 0 Å². The Morgan fingerprint density at radius 2 is 2.16 bits per heavy atom. The topological polar surface area (TPSA) is 45.8 Å². The smallest absolute Gasteiger partial charge is 0.195 e.